The number of nitrogens with zero attached hydrogens (tertiary/aromatic N) is 1. The van der Waals surface area contributed by atoms with Gasteiger partial charge in [-0.1, -0.05) is 12.8 Å². The molecule has 0 radical (unpaired) electrons. The van der Waals surface area contributed by atoms with Crippen LogP contribution in [0.15, 0.2) is 16.0 Å². The molecule has 1 aliphatic rings. The molecule has 1 saturated carbocycles. The number of hydrogen-bond donors (Lipinski definition) is 3. The lowest BCUT2D eigenvalue weighted by Crippen LogP contribution is -2.44. The number of carbonyl (C=O) groups is 1. The van der Waals surface area contributed by atoms with E-state index in [9.17, 15) is 13.2 Å². The summed E-state index contributed by atoms with van der Waals surface area (Å²) in [6.45, 7) is 0. The quantitative estimate of drug-likeness (QED) is 0.703. The summed E-state index contributed by atoms with van der Waals surface area (Å²) >= 11 is 3.00. The standard InChI is InChI=1S/C9H13BrN4O3S/c10-7-9(12-5-11-7)18(16,17)14-13-8(15)6-3-1-2-4-6/h5-6,14H,1-4H2,(H,11,12)(H,13,15). The van der Waals surface area contributed by atoms with Crippen molar-refractivity contribution < 1.29 is 13.2 Å². The summed E-state index contributed by atoms with van der Waals surface area (Å²) in [6.07, 6.45) is 4.88. The molecule has 7 nitrogen and oxygen atoms in total. The van der Waals surface area contributed by atoms with Crippen molar-refractivity contribution in [1.29, 1.82) is 0 Å². The maximum absolute atomic E-state index is 11.8. The molecule has 0 aromatic carbocycles. The monoisotopic (exact) mass is 336 g/mol. The van der Waals surface area contributed by atoms with Crippen molar-refractivity contribution in [2.24, 2.45) is 5.92 Å². The fraction of sp³-hybridized carbons (Fsp3) is 0.556. The molecule has 0 saturated heterocycles. The smallest absolute Gasteiger partial charge is 0.275 e. The highest BCUT2D eigenvalue weighted by Gasteiger charge is 2.25. The van der Waals surface area contributed by atoms with Crippen molar-refractivity contribution in [2.75, 3.05) is 0 Å². The van der Waals surface area contributed by atoms with Crippen molar-refractivity contribution in [1.82, 2.24) is 20.2 Å². The Balaban J connectivity index is 1.97. The summed E-state index contributed by atoms with van der Waals surface area (Å²) in [5.41, 5.74) is 2.23. The van der Waals surface area contributed by atoms with Crippen LogP contribution in [0.3, 0.4) is 0 Å². The average Bonchev–Trinajstić information content (AvgIpc) is 2.96. The molecule has 2 rings (SSSR count). The summed E-state index contributed by atoms with van der Waals surface area (Å²) in [5, 5.41) is -0.116. The first kappa shape index (κ1) is 13.5. The van der Waals surface area contributed by atoms with Gasteiger partial charge >= 0.3 is 0 Å². The number of sulfonamides is 1. The third-order valence-electron chi connectivity index (χ3n) is 2.86. The van der Waals surface area contributed by atoms with Crippen LogP contribution >= 0.6 is 15.9 Å². The molecule has 1 aliphatic carbocycles. The van der Waals surface area contributed by atoms with Gasteiger partial charge in [0.2, 0.25) is 5.91 Å². The van der Waals surface area contributed by atoms with Gasteiger partial charge in [-0.3, -0.25) is 10.2 Å². The minimum atomic E-state index is -3.82. The van der Waals surface area contributed by atoms with E-state index >= 15 is 0 Å². The average molecular weight is 337 g/mol. The molecule has 1 aromatic rings. The summed E-state index contributed by atoms with van der Waals surface area (Å²) in [6, 6.07) is 0. The molecular weight excluding hydrogens is 324 g/mol. The van der Waals surface area contributed by atoms with Crippen molar-refractivity contribution >= 4 is 31.9 Å². The predicted octanol–water partition coefficient (Wildman–Crippen LogP) is 0.672. The molecule has 0 bridgehead atoms. The molecule has 1 aromatic heterocycles. The zero-order valence-electron chi connectivity index (χ0n) is 9.44. The van der Waals surface area contributed by atoms with E-state index in [4.69, 9.17) is 0 Å². The maximum Gasteiger partial charge on any atom is 0.275 e. The number of carbonyl (C=O) groups excluding carboxylic acids is 1. The van der Waals surface area contributed by atoms with Crippen LogP contribution in [-0.2, 0) is 14.8 Å². The zero-order chi connectivity index (χ0) is 13.2. The van der Waals surface area contributed by atoms with Crippen LogP contribution in [0.5, 0.6) is 0 Å². The number of hydrogen-bond acceptors (Lipinski definition) is 4. The van der Waals surface area contributed by atoms with Gasteiger partial charge in [-0.15, -0.1) is 4.83 Å². The van der Waals surface area contributed by atoms with Gasteiger partial charge in [-0.2, -0.15) is 0 Å². The molecule has 0 unspecified atom stereocenters. The Morgan fingerprint density at radius 1 is 1.44 bits per heavy atom. The number of rotatable bonds is 4. The van der Waals surface area contributed by atoms with E-state index in [1.54, 1.807) is 0 Å². The van der Waals surface area contributed by atoms with E-state index in [2.05, 4.69) is 36.2 Å². The molecule has 0 aliphatic heterocycles. The van der Waals surface area contributed by atoms with E-state index in [1.807, 2.05) is 0 Å². The first-order valence-corrected chi connectivity index (χ1v) is 7.79. The van der Waals surface area contributed by atoms with Crippen molar-refractivity contribution in [3.05, 3.63) is 10.9 Å². The Kier molecular flexibility index (Phi) is 4.03. The Labute approximate surface area is 113 Å². The number of hydrazine groups is 1. The van der Waals surface area contributed by atoms with Gasteiger partial charge in [0.25, 0.3) is 10.0 Å². The fourth-order valence-electron chi connectivity index (χ4n) is 1.91. The highest BCUT2D eigenvalue weighted by Crippen LogP contribution is 2.24. The van der Waals surface area contributed by atoms with E-state index in [-0.39, 0.29) is 21.5 Å². The second kappa shape index (κ2) is 5.37. The van der Waals surface area contributed by atoms with Gasteiger partial charge in [-0.05, 0) is 28.8 Å². The van der Waals surface area contributed by atoms with Crippen LogP contribution in [0, 0.1) is 5.92 Å². The van der Waals surface area contributed by atoms with Gasteiger partial charge in [-0.25, -0.2) is 13.4 Å². The summed E-state index contributed by atoms with van der Waals surface area (Å²) in [5.74, 6) is -0.385. The molecule has 3 N–H and O–H groups in total. The number of nitrogens with one attached hydrogen (secondary N) is 3. The van der Waals surface area contributed by atoms with Gasteiger partial charge < -0.3 is 4.98 Å². The van der Waals surface area contributed by atoms with Crippen LogP contribution in [0.25, 0.3) is 0 Å². The minimum absolute atomic E-state index is 0.0992. The first-order chi connectivity index (χ1) is 8.50. The Bertz CT molecular complexity index is 536. The molecule has 100 valence electrons. The van der Waals surface area contributed by atoms with E-state index < -0.39 is 10.0 Å². The number of H-pyrrole nitrogens is 1. The second-order valence-electron chi connectivity index (χ2n) is 4.10. The van der Waals surface area contributed by atoms with Crippen LogP contribution < -0.4 is 10.3 Å². The normalized spacial score (nSPS) is 16.9. The zero-order valence-corrected chi connectivity index (χ0v) is 11.8. The molecule has 1 amide bonds. The van der Waals surface area contributed by atoms with Gasteiger partial charge in [0.05, 0.1) is 6.33 Å². The number of imidazole rings is 1. The lowest BCUT2D eigenvalue weighted by molar-refractivity contribution is -0.125. The third-order valence-corrected chi connectivity index (χ3v) is 4.95. The Morgan fingerprint density at radius 2 is 2.11 bits per heavy atom. The van der Waals surface area contributed by atoms with Crippen LogP contribution in [0.1, 0.15) is 25.7 Å². The van der Waals surface area contributed by atoms with E-state index in [1.165, 1.54) is 6.33 Å². The summed E-state index contributed by atoms with van der Waals surface area (Å²) in [7, 11) is -3.82. The van der Waals surface area contributed by atoms with Crippen LogP contribution in [0.2, 0.25) is 0 Å². The molecule has 0 atom stereocenters. The summed E-state index contributed by atoms with van der Waals surface area (Å²) < 4.78 is 23.8. The largest absolute Gasteiger partial charge is 0.334 e. The maximum atomic E-state index is 11.8. The number of halogens is 1. The summed E-state index contributed by atoms with van der Waals surface area (Å²) in [4.78, 5) is 19.9. The van der Waals surface area contributed by atoms with Crippen molar-refractivity contribution in [3.8, 4) is 0 Å². The Morgan fingerprint density at radius 3 is 2.67 bits per heavy atom. The molecule has 9 heteroatoms. The highest BCUT2D eigenvalue weighted by molar-refractivity contribution is 9.10. The van der Waals surface area contributed by atoms with Gasteiger partial charge in [0.1, 0.15) is 4.60 Å². The molecule has 18 heavy (non-hydrogen) atoms. The lowest BCUT2D eigenvalue weighted by Gasteiger charge is -2.11. The molecule has 1 fully saturated rings. The van der Waals surface area contributed by atoms with Crippen molar-refractivity contribution in [3.63, 3.8) is 0 Å². The molecule has 1 heterocycles. The Hall–Kier alpha value is -0.930. The van der Waals surface area contributed by atoms with Crippen LogP contribution in [-0.4, -0.2) is 24.3 Å². The number of aromatic nitrogens is 2. The predicted molar refractivity (Wildman–Crippen MR) is 66.7 cm³/mol. The van der Waals surface area contributed by atoms with Crippen LogP contribution in [0.4, 0.5) is 0 Å². The topological polar surface area (TPSA) is 104 Å². The lowest BCUT2D eigenvalue weighted by atomic mass is 10.1. The fourth-order valence-corrected chi connectivity index (χ4v) is 3.59. The van der Waals surface area contributed by atoms with E-state index in [0.717, 1.165) is 25.7 Å². The second-order valence-corrected chi connectivity index (χ2v) is 6.47. The molecular formula is C9H13BrN4O3S. The van der Waals surface area contributed by atoms with E-state index in [0.29, 0.717) is 0 Å². The van der Waals surface area contributed by atoms with Gasteiger partial charge in [0, 0.05) is 5.92 Å². The number of amides is 1. The first-order valence-electron chi connectivity index (χ1n) is 5.51. The third kappa shape index (κ3) is 2.90. The van der Waals surface area contributed by atoms with Crippen molar-refractivity contribution in [2.45, 2.75) is 30.7 Å². The van der Waals surface area contributed by atoms with Gasteiger partial charge in [0.15, 0.2) is 5.03 Å². The minimum Gasteiger partial charge on any atom is -0.334 e. The SMILES string of the molecule is O=C(NNS(=O)(=O)c1[nH]cnc1Br)C1CCCC1. The number of aromatic amines is 1. The highest BCUT2D eigenvalue weighted by atomic mass is 79.9. The molecule has 0 spiro atoms.